The quantitative estimate of drug-likeness (QED) is 0.909. The van der Waals surface area contributed by atoms with E-state index in [2.05, 4.69) is 20.8 Å². The third-order valence-corrected chi connectivity index (χ3v) is 3.87. The first-order valence-electron chi connectivity index (χ1n) is 6.20. The van der Waals surface area contributed by atoms with Gasteiger partial charge in [-0.15, -0.1) is 0 Å². The van der Waals surface area contributed by atoms with E-state index in [1.165, 1.54) is 6.07 Å². The van der Waals surface area contributed by atoms with Crippen LogP contribution in [0.25, 0.3) is 0 Å². The molecule has 1 fully saturated rings. The normalized spacial score (nSPS) is 16.7. The minimum absolute atomic E-state index is 0.102. The zero-order chi connectivity index (χ0) is 13.8. The van der Waals surface area contributed by atoms with Gasteiger partial charge in [-0.05, 0) is 28.1 Å². The average Bonchev–Trinajstić information content (AvgIpc) is 2.42. The van der Waals surface area contributed by atoms with Crippen LogP contribution in [0.4, 0.5) is 4.39 Å². The number of amides is 1. The Balaban J connectivity index is 2.03. The molecule has 19 heavy (non-hydrogen) atoms. The van der Waals surface area contributed by atoms with E-state index >= 15 is 0 Å². The topological polar surface area (TPSA) is 43.8 Å². The van der Waals surface area contributed by atoms with Crippen molar-refractivity contribution in [2.75, 3.05) is 39.3 Å². The third-order valence-electron chi connectivity index (χ3n) is 3.26. The number of carbonyl (C=O) groups excluding carboxylic acids is 1. The Morgan fingerprint density at radius 3 is 2.63 bits per heavy atom. The highest BCUT2D eigenvalue weighted by molar-refractivity contribution is 9.10. The Hall–Kier alpha value is -0.980. The van der Waals surface area contributed by atoms with Gasteiger partial charge in [0, 0.05) is 32.7 Å². The van der Waals surface area contributed by atoms with Crippen molar-refractivity contribution >= 4 is 21.8 Å². The fourth-order valence-electron chi connectivity index (χ4n) is 2.16. The van der Waals surface area contributed by atoms with Crippen molar-refractivity contribution in [3.63, 3.8) is 0 Å². The van der Waals surface area contributed by atoms with Crippen LogP contribution in [0.15, 0.2) is 22.7 Å². The molecule has 1 aromatic carbocycles. The summed E-state index contributed by atoms with van der Waals surface area (Å²) in [6, 6.07) is 4.73. The molecule has 104 valence electrons. The van der Waals surface area contributed by atoms with Gasteiger partial charge in [0.1, 0.15) is 5.82 Å². The molecule has 0 spiro atoms. The van der Waals surface area contributed by atoms with Crippen LogP contribution in [0, 0.1) is 5.82 Å². The summed E-state index contributed by atoms with van der Waals surface area (Å²) in [4.78, 5) is 16.0. The molecule has 2 rings (SSSR count). The Kier molecular flexibility index (Phi) is 4.90. The van der Waals surface area contributed by atoms with E-state index in [9.17, 15) is 9.18 Å². The van der Waals surface area contributed by atoms with E-state index in [1.54, 1.807) is 17.0 Å². The lowest BCUT2D eigenvalue weighted by molar-refractivity contribution is 0.0610. The minimum atomic E-state index is -0.509. The number of β-amino-alcohol motifs (C(OH)–C–C–N with tert-alkyl or cyclic N) is 1. The second kappa shape index (κ2) is 6.45. The number of aliphatic hydroxyl groups is 1. The SMILES string of the molecule is O=C(c1cccc(Br)c1F)N1CCN(CCO)CC1. The van der Waals surface area contributed by atoms with E-state index in [4.69, 9.17) is 5.11 Å². The standard InChI is InChI=1S/C13H16BrFN2O2/c14-11-3-1-2-10(12(11)15)13(19)17-6-4-16(5-7-17)8-9-18/h1-3,18H,4-9H2. The van der Waals surface area contributed by atoms with Gasteiger partial charge < -0.3 is 10.0 Å². The van der Waals surface area contributed by atoms with Crippen molar-refractivity contribution in [2.45, 2.75) is 0 Å². The Morgan fingerprint density at radius 2 is 2.00 bits per heavy atom. The van der Waals surface area contributed by atoms with Gasteiger partial charge in [-0.3, -0.25) is 9.69 Å². The molecule has 0 atom stereocenters. The molecule has 0 bridgehead atoms. The predicted octanol–water partition coefficient (Wildman–Crippen LogP) is 1.34. The summed E-state index contributed by atoms with van der Waals surface area (Å²) in [5, 5.41) is 8.86. The van der Waals surface area contributed by atoms with Crippen molar-refractivity contribution < 1.29 is 14.3 Å². The monoisotopic (exact) mass is 330 g/mol. The van der Waals surface area contributed by atoms with Gasteiger partial charge in [0.05, 0.1) is 16.6 Å². The maximum atomic E-state index is 13.9. The minimum Gasteiger partial charge on any atom is -0.395 e. The second-order valence-corrected chi connectivity index (χ2v) is 5.31. The zero-order valence-corrected chi connectivity index (χ0v) is 12.1. The number of nitrogens with zero attached hydrogens (tertiary/aromatic N) is 2. The lowest BCUT2D eigenvalue weighted by Gasteiger charge is -2.34. The van der Waals surface area contributed by atoms with Crippen LogP contribution in [0.3, 0.4) is 0 Å². The molecule has 1 amide bonds. The largest absolute Gasteiger partial charge is 0.395 e. The molecular formula is C13H16BrFN2O2. The fourth-order valence-corrected chi connectivity index (χ4v) is 2.52. The third kappa shape index (κ3) is 3.32. The number of rotatable bonds is 3. The number of benzene rings is 1. The summed E-state index contributed by atoms with van der Waals surface area (Å²) in [5.41, 5.74) is 0.102. The summed E-state index contributed by atoms with van der Waals surface area (Å²) >= 11 is 3.09. The molecule has 0 aromatic heterocycles. The fraction of sp³-hybridized carbons (Fsp3) is 0.462. The molecule has 1 aromatic rings. The van der Waals surface area contributed by atoms with Gasteiger partial charge in [-0.1, -0.05) is 6.07 Å². The zero-order valence-electron chi connectivity index (χ0n) is 10.5. The first kappa shape index (κ1) is 14.4. The van der Waals surface area contributed by atoms with Crippen LogP contribution in [0.2, 0.25) is 0 Å². The van der Waals surface area contributed by atoms with Crippen LogP contribution >= 0.6 is 15.9 Å². The van der Waals surface area contributed by atoms with Crippen molar-refractivity contribution in [3.05, 3.63) is 34.1 Å². The molecule has 1 aliphatic heterocycles. The first-order valence-corrected chi connectivity index (χ1v) is 6.99. The van der Waals surface area contributed by atoms with Gasteiger partial charge in [0.15, 0.2) is 0 Å². The number of carbonyl (C=O) groups is 1. The molecule has 0 unspecified atom stereocenters. The smallest absolute Gasteiger partial charge is 0.256 e. The van der Waals surface area contributed by atoms with Crippen LogP contribution in [0.5, 0.6) is 0 Å². The summed E-state index contributed by atoms with van der Waals surface area (Å²) in [5.74, 6) is -0.785. The molecule has 1 N–H and O–H groups in total. The van der Waals surface area contributed by atoms with Gasteiger partial charge >= 0.3 is 0 Å². The maximum Gasteiger partial charge on any atom is 0.256 e. The highest BCUT2D eigenvalue weighted by Gasteiger charge is 2.24. The molecule has 0 saturated carbocycles. The average molecular weight is 331 g/mol. The molecule has 1 heterocycles. The molecule has 1 aliphatic rings. The second-order valence-electron chi connectivity index (χ2n) is 4.46. The van der Waals surface area contributed by atoms with E-state index in [0.29, 0.717) is 37.2 Å². The number of aliphatic hydroxyl groups excluding tert-OH is 1. The maximum absolute atomic E-state index is 13.9. The van der Waals surface area contributed by atoms with Crippen molar-refractivity contribution in [1.29, 1.82) is 0 Å². The highest BCUT2D eigenvalue weighted by atomic mass is 79.9. The Morgan fingerprint density at radius 1 is 1.32 bits per heavy atom. The van der Waals surface area contributed by atoms with Gasteiger partial charge in [0.25, 0.3) is 5.91 Å². The van der Waals surface area contributed by atoms with E-state index in [-0.39, 0.29) is 18.1 Å². The van der Waals surface area contributed by atoms with Gasteiger partial charge in [0.2, 0.25) is 0 Å². The van der Waals surface area contributed by atoms with Crippen LogP contribution in [-0.2, 0) is 0 Å². The summed E-state index contributed by atoms with van der Waals surface area (Å²) in [6.07, 6.45) is 0. The number of piperazine rings is 1. The van der Waals surface area contributed by atoms with Crippen molar-refractivity contribution in [3.8, 4) is 0 Å². The molecule has 0 aliphatic carbocycles. The highest BCUT2D eigenvalue weighted by Crippen LogP contribution is 2.20. The number of hydrogen-bond donors (Lipinski definition) is 1. The number of hydrogen-bond acceptors (Lipinski definition) is 3. The first-order chi connectivity index (χ1) is 9.13. The molecule has 1 saturated heterocycles. The molecule has 6 heteroatoms. The Bertz CT molecular complexity index is 462. The van der Waals surface area contributed by atoms with E-state index < -0.39 is 5.82 Å². The van der Waals surface area contributed by atoms with Crippen LogP contribution in [0.1, 0.15) is 10.4 Å². The van der Waals surface area contributed by atoms with Crippen LogP contribution < -0.4 is 0 Å². The molecular weight excluding hydrogens is 315 g/mol. The molecule has 0 radical (unpaired) electrons. The summed E-state index contributed by atoms with van der Waals surface area (Å²) in [7, 11) is 0. The van der Waals surface area contributed by atoms with Crippen molar-refractivity contribution in [1.82, 2.24) is 9.80 Å². The summed E-state index contributed by atoms with van der Waals surface area (Å²) < 4.78 is 14.2. The lowest BCUT2D eigenvalue weighted by atomic mass is 10.1. The predicted molar refractivity (Wildman–Crippen MR) is 73.5 cm³/mol. The van der Waals surface area contributed by atoms with Gasteiger partial charge in [-0.2, -0.15) is 0 Å². The summed E-state index contributed by atoms with van der Waals surface area (Å²) in [6.45, 7) is 3.28. The lowest BCUT2D eigenvalue weighted by Crippen LogP contribution is -2.49. The Labute approximate surface area is 119 Å². The van der Waals surface area contributed by atoms with Gasteiger partial charge in [-0.25, -0.2) is 4.39 Å². The number of halogens is 2. The van der Waals surface area contributed by atoms with Crippen LogP contribution in [-0.4, -0.2) is 60.1 Å². The van der Waals surface area contributed by atoms with E-state index in [0.717, 1.165) is 0 Å². The van der Waals surface area contributed by atoms with E-state index in [1.807, 2.05) is 0 Å². The van der Waals surface area contributed by atoms with Crippen molar-refractivity contribution in [2.24, 2.45) is 0 Å². The molecule has 4 nitrogen and oxygen atoms in total.